The quantitative estimate of drug-likeness (QED) is 0.603. The predicted octanol–water partition coefficient (Wildman–Crippen LogP) is 4.45. The molecule has 0 aliphatic heterocycles. The number of rotatable bonds is 6. The van der Waals surface area contributed by atoms with Gasteiger partial charge in [-0.05, 0) is 48.4 Å². The average Bonchev–Trinajstić information content (AvgIpc) is 2.74. The van der Waals surface area contributed by atoms with Gasteiger partial charge in [-0.25, -0.2) is 8.42 Å². The fourth-order valence-corrected chi connectivity index (χ4v) is 5.07. The zero-order valence-corrected chi connectivity index (χ0v) is 17.2. The number of aryl methyl sites for hydroxylation is 1. The van der Waals surface area contributed by atoms with Gasteiger partial charge in [0.05, 0.1) is 24.7 Å². The summed E-state index contributed by atoms with van der Waals surface area (Å²) in [5.41, 5.74) is 2.02. The van der Waals surface area contributed by atoms with Crippen LogP contribution in [0.5, 0.6) is 11.5 Å². The Morgan fingerprint density at radius 2 is 1.62 bits per heavy atom. The Morgan fingerprint density at radius 3 is 2.24 bits per heavy atom. The maximum Gasteiger partial charge on any atom is 0.189 e. The van der Waals surface area contributed by atoms with Gasteiger partial charge >= 0.3 is 0 Å². The van der Waals surface area contributed by atoms with Crippen molar-refractivity contribution >= 4 is 9.84 Å². The molecule has 0 aliphatic rings. The summed E-state index contributed by atoms with van der Waals surface area (Å²) in [5, 5.41) is 8.66. The van der Waals surface area contributed by atoms with E-state index in [0.29, 0.717) is 22.6 Å². The molecule has 5 nitrogen and oxygen atoms in total. The molecule has 0 aliphatic carbocycles. The number of hydrogen-bond donors (Lipinski definition) is 0. The van der Waals surface area contributed by atoms with Crippen molar-refractivity contribution in [3.05, 3.63) is 89.0 Å². The minimum Gasteiger partial charge on any atom is -0.497 e. The van der Waals surface area contributed by atoms with E-state index in [2.05, 4.69) is 6.07 Å². The van der Waals surface area contributed by atoms with Gasteiger partial charge < -0.3 is 9.47 Å². The fraction of sp³-hybridized carbons (Fsp3) is 0.174. The summed E-state index contributed by atoms with van der Waals surface area (Å²) < 4.78 is 38.0. The van der Waals surface area contributed by atoms with Gasteiger partial charge in [0.1, 0.15) is 22.8 Å². The first-order valence-electron chi connectivity index (χ1n) is 8.94. The molecule has 1 atom stereocenters. The van der Waals surface area contributed by atoms with Crippen LogP contribution in [-0.2, 0) is 9.84 Å². The Balaban J connectivity index is 2.32. The molecule has 0 saturated carbocycles. The number of sulfone groups is 1. The summed E-state index contributed by atoms with van der Waals surface area (Å²) >= 11 is 0. The molecule has 1 unspecified atom stereocenters. The Hall–Kier alpha value is -3.30. The van der Waals surface area contributed by atoms with Crippen LogP contribution in [-0.4, -0.2) is 22.6 Å². The van der Waals surface area contributed by atoms with Crippen molar-refractivity contribution in [1.29, 1.82) is 5.26 Å². The lowest BCUT2D eigenvalue weighted by Crippen LogP contribution is -2.17. The first-order chi connectivity index (χ1) is 13.9. The Morgan fingerprint density at radius 1 is 0.931 bits per heavy atom. The van der Waals surface area contributed by atoms with Crippen molar-refractivity contribution in [3.8, 4) is 17.6 Å². The highest BCUT2D eigenvalue weighted by Gasteiger charge is 2.33. The highest BCUT2D eigenvalue weighted by molar-refractivity contribution is 7.92. The number of hydrogen-bond acceptors (Lipinski definition) is 5. The van der Waals surface area contributed by atoms with E-state index in [1.54, 1.807) is 66.7 Å². The van der Waals surface area contributed by atoms with Gasteiger partial charge in [0, 0.05) is 0 Å². The predicted molar refractivity (Wildman–Crippen MR) is 111 cm³/mol. The summed E-state index contributed by atoms with van der Waals surface area (Å²) in [7, 11) is -0.893. The maximum atomic E-state index is 13.7. The second-order valence-electron chi connectivity index (χ2n) is 6.55. The van der Waals surface area contributed by atoms with Crippen LogP contribution in [0.3, 0.4) is 0 Å². The number of nitriles is 1. The van der Waals surface area contributed by atoms with Crippen molar-refractivity contribution in [2.45, 2.75) is 17.1 Å². The number of ether oxygens (including phenoxy) is 2. The molecule has 0 fully saturated rings. The smallest absolute Gasteiger partial charge is 0.189 e. The third-order valence-corrected chi connectivity index (χ3v) is 6.80. The minimum absolute atomic E-state index is 0.183. The zero-order chi connectivity index (χ0) is 21.0. The highest BCUT2D eigenvalue weighted by atomic mass is 32.2. The van der Waals surface area contributed by atoms with Crippen molar-refractivity contribution in [1.82, 2.24) is 0 Å². The lowest BCUT2D eigenvalue weighted by Gasteiger charge is -2.21. The Labute approximate surface area is 171 Å². The van der Waals surface area contributed by atoms with E-state index < -0.39 is 15.1 Å². The van der Waals surface area contributed by atoms with Crippen LogP contribution >= 0.6 is 0 Å². The first-order valence-corrected chi connectivity index (χ1v) is 10.5. The minimum atomic E-state index is -3.87. The molecule has 0 saturated heterocycles. The summed E-state index contributed by atoms with van der Waals surface area (Å²) in [4.78, 5) is 0.183. The number of nitrogens with zero attached hydrogens (tertiary/aromatic N) is 1. The van der Waals surface area contributed by atoms with E-state index in [1.165, 1.54) is 14.2 Å². The molecule has 6 heteroatoms. The topological polar surface area (TPSA) is 76.4 Å². The summed E-state index contributed by atoms with van der Waals surface area (Å²) in [5.74, 6) is 0.866. The van der Waals surface area contributed by atoms with E-state index in [9.17, 15) is 13.7 Å². The fourth-order valence-electron chi connectivity index (χ4n) is 3.25. The molecule has 3 aromatic carbocycles. The van der Waals surface area contributed by atoms with Crippen LogP contribution in [0.15, 0.2) is 71.6 Å². The molecule has 0 heterocycles. The van der Waals surface area contributed by atoms with Crippen molar-refractivity contribution in [3.63, 3.8) is 0 Å². The van der Waals surface area contributed by atoms with Gasteiger partial charge in [0.15, 0.2) is 9.84 Å². The summed E-state index contributed by atoms with van der Waals surface area (Å²) in [6.45, 7) is 1.89. The summed E-state index contributed by atoms with van der Waals surface area (Å²) in [6.07, 6.45) is 0. The Kier molecular flexibility index (Phi) is 5.90. The maximum absolute atomic E-state index is 13.7. The van der Waals surface area contributed by atoms with Gasteiger partial charge in [-0.15, -0.1) is 0 Å². The lowest BCUT2D eigenvalue weighted by molar-refractivity contribution is 0.412. The second kappa shape index (κ2) is 8.38. The molecule has 148 valence electrons. The average molecular weight is 407 g/mol. The van der Waals surface area contributed by atoms with Crippen molar-refractivity contribution in [2.75, 3.05) is 14.2 Å². The SMILES string of the molecule is COc1cccc(C(c2cccc(OC)c2C#N)S(=O)(=O)c2ccc(C)cc2)c1. The van der Waals surface area contributed by atoms with Crippen LogP contribution < -0.4 is 9.47 Å². The van der Waals surface area contributed by atoms with Crippen molar-refractivity contribution in [2.24, 2.45) is 0 Å². The third kappa shape index (κ3) is 3.96. The van der Waals surface area contributed by atoms with Gasteiger partial charge in [0.25, 0.3) is 0 Å². The molecule has 0 N–H and O–H groups in total. The van der Waals surface area contributed by atoms with E-state index in [-0.39, 0.29) is 10.5 Å². The van der Waals surface area contributed by atoms with E-state index in [4.69, 9.17) is 9.47 Å². The molecule has 0 bridgehead atoms. The number of benzene rings is 3. The normalized spacial score (nSPS) is 12.1. The molecule has 0 aromatic heterocycles. The molecule has 0 amide bonds. The van der Waals surface area contributed by atoms with Crippen LogP contribution in [0.4, 0.5) is 0 Å². The molecule has 0 radical (unpaired) electrons. The molecular weight excluding hydrogens is 386 g/mol. The van der Waals surface area contributed by atoms with Crippen molar-refractivity contribution < 1.29 is 17.9 Å². The van der Waals surface area contributed by atoms with E-state index >= 15 is 0 Å². The van der Waals surface area contributed by atoms with Crippen LogP contribution in [0, 0.1) is 18.3 Å². The lowest BCUT2D eigenvalue weighted by atomic mass is 9.99. The van der Waals surface area contributed by atoms with Gasteiger partial charge in [0.2, 0.25) is 0 Å². The molecule has 3 aromatic rings. The molecular formula is C23H21NO4S. The monoisotopic (exact) mass is 407 g/mol. The van der Waals surface area contributed by atoms with Gasteiger partial charge in [-0.1, -0.05) is 42.0 Å². The second-order valence-corrected chi connectivity index (χ2v) is 8.58. The largest absolute Gasteiger partial charge is 0.497 e. The van der Waals surface area contributed by atoms with Crippen LogP contribution in [0.2, 0.25) is 0 Å². The zero-order valence-electron chi connectivity index (χ0n) is 16.4. The highest BCUT2D eigenvalue weighted by Crippen LogP contribution is 2.39. The standard InChI is InChI=1S/C23H21NO4S/c1-16-10-12-19(13-11-16)29(25,26)23(17-6-4-7-18(14-17)27-2)20-8-5-9-22(28-3)21(20)15-24/h4-14,23H,1-3H3. The molecule has 0 spiro atoms. The van der Waals surface area contributed by atoms with E-state index in [0.717, 1.165) is 5.56 Å². The van der Waals surface area contributed by atoms with Crippen LogP contribution in [0.1, 0.15) is 27.5 Å². The van der Waals surface area contributed by atoms with Gasteiger partial charge in [-0.3, -0.25) is 0 Å². The molecule has 29 heavy (non-hydrogen) atoms. The summed E-state index contributed by atoms with van der Waals surface area (Å²) in [6, 6.07) is 20.7. The third-order valence-electron chi connectivity index (χ3n) is 4.73. The Bertz CT molecular complexity index is 1160. The van der Waals surface area contributed by atoms with Crippen LogP contribution in [0.25, 0.3) is 0 Å². The van der Waals surface area contributed by atoms with Gasteiger partial charge in [-0.2, -0.15) is 5.26 Å². The first kappa shape index (κ1) is 20.4. The molecule has 3 rings (SSSR count). The van der Waals surface area contributed by atoms with E-state index in [1.807, 2.05) is 6.92 Å². The number of methoxy groups -OCH3 is 2.